The van der Waals surface area contributed by atoms with Gasteiger partial charge >= 0.3 is 0 Å². The molecule has 25 heavy (non-hydrogen) atoms. The lowest BCUT2D eigenvalue weighted by Gasteiger charge is -2.23. The van der Waals surface area contributed by atoms with Crippen molar-refractivity contribution in [3.05, 3.63) is 58.6 Å². The first kappa shape index (κ1) is 16.0. The minimum absolute atomic E-state index is 0.162. The van der Waals surface area contributed by atoms with Crippen LogP contribution in [0, 0.1) is 0 Å². The third-order valence-corrected chi connectivity index (χ3v) is 5.46. The first-order valence-electron chi connectivity index (χ1n) is 8.52. The van der Waals surface area contributed by atoms with E-state index in [2.05, 4.69) is 21.6 Å². The fraction of sp³-hybridized carbons (Fsp3) is 0.316. The molecule has 0 radical (unpaired) electrons. The van der Waals surface area contributed by atoms with Gasteiger partial charge in [0.25, 0.3) is 0 Å². The number of aryl methyl sites for hydroxylation is 1. The van der Waals surface area contributed by atoms with Crippen LogP contribution in [-0.4, -0.2) is 27.5 Å². The predicted octanol–water partition coefficient (Wildman–Crippen LogP) is 4.09. The van der Waals surface area contributed by atoms with E-state index in [0.717, 1.165) is 24.9 Å². The van der Waals surface area contributed by atoms with Gasteiger partial charge in [0.15, 0.2) is 0 Å². The van der Waals surface area contributed by atoms with Crippen molar-refractivity contribution < 1.29 is 9.21 Å². The Hall–Kier alpha value is -2.47. The number of likely N-dealkylation sites (tertiary alicyclic amines) is 1. The number of hydrogen-bond acceptors (Lipinski definition) is 5. The van der Waals surface area contributed by atoms with E-state index in [-0.39, 0.29) is 11.9 Å². The highest BCUT2D eigenvalue weighted by molar-refractivity contribution is 7.10. The normalized spacial score (nSPS) is 17.1. The van der Waals surface area contributed by atoms with Crippen LogP contribution >= 0.6 is 11.3 Å². The van der Waals surface area contributed by atoms with Gasteiger partial charge in [-0.15, -0.1) is 21.5 Å². The molecule has 2 aromatic heterocycles. The zero-order chi connectivity index (χ0) is 17.1. The molecule has 1 saturated heterocycles. The average Bonchev–Trinajstić information content (AvgIpc) is 3.41. The molecule has 1 amide bonds. The minimum Gasteiger partial charge on any atom is -0.421 e. The molecule has 0 spiro atoms. The molecular weight excluding hydrogens is 334 g/mol. The van der Waals surface area contributed by atoms with Gasteiger partial charge in [0.05, 0.1) is 6.04 Å². The summed E-state index contributed by atoms with van der Waals surface area (Å²) in [6.07, 6.45) is 2.99. The first-order chi connectivity index (χ1) is 12.3. The van der Waals surface area contributed by atoms with E-state index in [1.165, 1.54) is 4.88 Å². The molecule has 1 unspecified atom stereocenters. The molecule has 1 atom stereocenters. The maximum absolute atomic E-state index is 12.6. The zero-order valence-corrected chi connectivity index (χ0v) is 14.6. The van der Waals surface area contributed by atoms with E-state index in [9.17, 15) is 4.79 Å². The van der Waals surface area contributed by atoms with E-state index in [1.54, 1.807) is 11.3 Å². The summed E-state index contributed by atoms with van der Waals surface area (Å²) in [6.45, 7) is 0.834. The van der Waals surface area contributed by atoms with Crippen LogP contribution in [0.1, 0.15) is 36.1 Å². The molecule has 1 aliphatic heterocycles. The zero-order valence-electron chi connectivity index (χ0n) is 13.8. The van der Waals surface area contributed by atoms with E-state index < -0.39 is 0 Å². The molecule has 0 aliphatic carbocycles. The Balaban J connectivity index is 1.38. The summed E-state index contributed by atoms with van der Waals surface area (Å²) >= 11 is 1.72. The highest BCUT2D eigenvalue weighted by Crippen LogP contribution is 2.34. The summed E-state index contributed by atoms with van der Waals surface area (Å²) in [5.74, 6) is 1.18. The summed E-state index contributed by atoms with van der Waals surface area (Å²) in [4.78, 5) is 15.9. The molecule has 6 heteroatoms. The van der Waals surface area contributed by atoms with Crippen molar-refractivity contribution in [1.29, 1.82) is 0 Å². The van der Waals surface area contributed by atoms with Crippen LogP contribution in [0.3, 0.4) is 0 Å². The second kappa shape index (κ2) is 7.19. The summed E-state index contributed by atoms with van der Waals surface area (Å²) in [6, 6.07) is 14.1. The highest BCUT2D eigenvalue weighted by Gasteiger charge is 2.30. The van der Waals surface area contributed by atoms with Crippen LogP contribution in [-0.2, 0) is 11.2 Å². The van der Waals surface area contributed by atoms with Crippen molar-refractivity contribution in [2.24, 2.45) is 0 Å². The minimum atomic E-state index is 0.162. The molecule has 0 bridgehead atoms. The predicted molar refractivity (Wildman–Crippen MR) is 96.1 cm³/mol. The van der Waals surface area contributed by atoms with Crippen LogP contribution in [0.4, 0.5) is 0 Å². The average molecular weight is 353 g/mol. The molecule has 0 N–H and O–H groups in total. The lowest BCUT2D eigenvalue weighted by Crippen LogP contribution is -2.30. The second-order valence-electron chi connectivity index (χ2n) is 6.13. The van der Waals surface area contributed by atoms with Gasteiger partial charge in [-0.1, -0.05) is 24.3 Å². The fourth-order valence-electron chi connectivity index (χ4n) is 3.25. The Bertz CT molecular complexity index is 829. The van der Waals surface area contributed by atoms with Crippen molar-refractivity contribution in [2.45, 2.75) is 31.7 Å². The quantitative estimate of drug-likeness (QED) is 0.693. The number of rotatable bonds is 5. The van der Waals surface area contributed by atoms with Gasteiger partial charge in [-0.3, -0.25) is 4.79 Å². The number of carbonyl (C=O) groups is 1. The number of hydrogen-bond donors (Lipinski definition) is 0. The number of benzene rings is 1. The van der Waals surface area contributed by atoms with Crippen molar-refractivity contribution in [1.82, 2.24) is 15.1 Å². The van der Waals surface area contributed by atoms with Crippen LogP contribution in [0.15, 0.2) is 52.3 Å². The molecular formula is C19H19N3O2S. The Morgan fingerprint density at radius 2 is 2.08 bits per heavy atom. The number of aromatic nitrogens is 2. The third-order valence-electron chi connectivity index (χ3n) is 4.49. The van der Waals surface area contributed by atoms with Gasteiger partial charge in [0.1, 0.15) is 0 Å². The standard InChI is InChI=1S/C19H19N3O2S/c23-18(22-12-4-8-15(22)16-9-5-13-25-16)11-10-17-20-21-19(24-17)14-6-2-1-3-7-14/h1-3,5-7,9,13,15H,4,8,10-12H2. The molecule has 128 valence electrons. The number of nitrogens with zero attached hydrogens (tertiary/aromatic N) is 3. The fourth-order valence-corrected chi connectivity index (χ4v) is 4.12. The molecule has 4 rings (SSSR count). The summed E-state index contributed by atoms with van der Waals surface area (Å²) in [5.41, 5.74) is 0.893. The molecule has 3 heterocycles. The third kappa shape index (κ3) is 3.49. The largest absolute Gasteiger partial charge is 0.421 e. The number of thiophene rings is 1. The summed E-state index contributed by atoms with van der Waals surface area (Å²) < 4.78 is 5.69. The van der Waals surface area contributed by atoms with E-state index in [1.807, 2.05) is 41.3 Å². The van der Waals surface area contributed by atoms with E-state index >= 15 is 0 Å². The lowest BCUT2D eigenvalue weighted by atomic mass is 10.1. The van der Waals surface area contributed by atoms with Crippen molar-refractivity contribution >= 4 is 17.2 Å². The van der Waals surface area contributed by atoms with Gasteiger partial charge < -0.3 is 9.32 Å². The van der Waals surface area contributed by atoms with E-state index in [4.69, 9.17) is 4.42 Å². The van der Waals surface area contributed by atoms with Gasteiger partial charge in [-0.2, -0.15) is 0 Å². The van der Waals surface area contributed by atoms with Crippen molar-refractivity contribution in [3.8, 4) is 11.5 Å². The van der Waals surface area contributed by atoms with Crippen LogP contribution < -0.4 is 0 Å². The monoisotopic (exact) mass is 353 g/mol. The highest BCUT2D eigenvalue weighted by atomic mass is 32.1. The maximum Gasteiger partial charge on any atom is 0.247 e. The smallest absolute Gasteiger partial charge is 0.247 e. The van der Waals surface area contributed by atoms with Crippen molar-refractivity contribution in [2.75, 3.05) is 6.54 Å². The Kier molecular flexibility index (Phi) is 4.61. The van der Waals surface area contributed by atoms with E-state index in [0.29, 0.717) is 24.6 Å². The second-order valence-corrected chi connectivity index (χ2v) is 7.11. The van der Waals surface area contributed by atoms with Gasteiger partial charge in [0, 0.05) is 29.8 Å². The topological polar surface area (TPSA) is 59.2 Å². The summed E-state index contributed by atoms with van der Waals surface area (Å²) in [7, 11) is 0. The SMILES string of the molecule is O=C(CCc1nnc(-c2ccccc2)o1)N1CCCC1c1cccs1. The maximum atomic E-state index is 12.6. The number of amides is 1. The molecule has 3 aromatic rings. The molecule has 1 aliphatic rings. The molecule has 5 nitrogen and oxygen atoms in total. The van der Waals surface area contributed by atoms with Crippen LogP contribution in [0.5, 0.6) is 0 Å². The van der Waals surface area contributed by atoms with Crippen molar-refractivity contribution in [3.63, 3.8) is 0 Å². The van der Waals surface area contributed by atoms with Gasteiger partial charge in [-0.25, -0.2) is 0 Å². The lowest BCUT2D eigenvalue weighted by molar-refractivity contribution is -0.132. The number of carbonyl (C=O) groups excluding carboxylic acids is 1. The van der Waals surface area contributed by atoms with Gasteiger partial charge in [0.2, 0.25) is 17.7 Å². The first-order valence-corrected chi connectivity index (χ1v) is 9.40. The molecule has 1 fully saturated rings. The van der Waals surface area contributed by atoms with Crippen LogP contribution in [0.2, 0.25) is 0 Å². The Morgan fingerprint density at radius 1 is 1.20 bits per heavy atom. The Labute approximate surface area is 150 Å². The van der Waals surface area contributed by atoms with Crippen LogP contribution in [0.25, 0.3) is 11.5 Å². The van der Waals surface area contributed by atoms with Gasteiger partial charge in [-0.05, 0) is 36.4 Å². The summed E-state index contributed by atoms with van der Waals surface area (Å²) in [5, 5.41) is 10.2. The molecule has 1 aromatic carbocycles. The molecule has 0 saturated carbocycles. The Morgan fingerprint density at radius 3 is 2.88 bits per heavy atom.